The monoisotopic (exact) mass is 425 g/mol. The summed E-state index contributed by atoms with van der Waals surface area (Å²) < 4.78 is 6.29. The third-order valence-corrected chi connectivity index (χ3v) is 5.77. The van der Waals surface area contributed by atoms with Crippen molar-refractivity contribution in [1.29, 1.82) is 0 Å². The number of morpholine rings is 1. The normalized spacial score (nSPS) is 14.6. The van der Waals surface area contributed by atoms with Gasteiger partial charge in [0.25, 0.3) is 0 Å². The summed E-state index contributed by atoms with van der Waals surface area (Å²) in [6, 6.07) is 7.84. The number of amides is 2. The molecule has 0 saturated carbocycles. The van der Waals surface area contributed by atoms with Crippen molar-refractivity contribution < 1.29 is 14.3 Å². The lowest BCUT2D eigenvalue weighted by molar-refractivity contribution is -0.118. The molecular weight excluding hydrogens is 402 g/mol. The number of hydrogen-bond donors (Lipinski definition) is 2. The van der Waals surface area contributed by atoms with Crippen LogP contribution in [0.1, 0.15) is 12.6 Å². The molecule has 156 valence electrons. The molecule has 1 aliphatic heterocycles. The van der Waals surface area contributed by atoms with Crippen molar-refractivity contribution in [3.8, 4) is 11.1 Å². The minimum absolute atomic E-state index is 0.0585. The van der Waals surface area contributed by atoms with Gasteiger partial charge in [-0.25, -0.2) is 4.98 Å². The van der Waals surface area contributed by atoms with Crippen molar-refractivity contribution in [1.82, 2.24) is 14.9 Å². The molecule has 1 aromatic carbocycles. The Balaban J connectivity index is 1.53. The highest BCUT2D eigenvalue weighted by molar-refractivity contribution is 7.22. The maximum Gasteiger partial charge on any atom is 0.238 e. The van der Waals surface area contributed by atoms with Gasteiger partial charge in [-0.05, 0) is 30.7 Å². The summed E-state index contributed by atoms with van der Waals surface area (Å²) in [4.78, 5) is 34.7. The van der Waals surface area contributed by atoms with Crippen LogP contribution in [0.25, 0.3) is 21.3 Å². The summed E-state index contributed by atoms with van der Waals surface area (Å²) in [5, 5.41) is 6.29. The van der Waals surface area contributed by atoms with Crippen molar-refractivity contribution >= 4 is 44.2 Å². The summed E-state index contributed by atoms with van der Waals surface area (Å²) in [5.41, 5.74) is 4.16. The van der Waals surface area contributed by atoms with Gasteiger partial charge in [-0.3, -0.25) is 19.5 Å². The maximum absolute atomic E-state index is 12.5. The number of nitrogens with one attached hydrogen (secondary N) is 2. The fourth-order valence-electron chi connectivity index (χ4n) is 3.28. The Kier molecular flexibility index (Phi) is 6.03. The Hall–Kier alpha value is -2.88. The second-order valence-corrected chi connectivity index (χ2v) is 8.21. The third kappa shape index (κ3) is 4.81. The summed E-state index contributed by atoms with van der Waals surface area (Å²) in [5.74, 6) is -0.203. The Morgan fingerprint density at radius 2 is 1.97 bits per heavy atom. The van der Waals surface area contributed by atoms with Crippen molar-refractivity contribution in [2.24, 2.45) is 0 Å². The number of benzene rings is 1. The van der Waals surface area contributed by atoms with Crippen LogP contribution in [0.15, 0.2) is 30.5 Å². The fourth-order valence-corrected chi connectivity index (χ4v) is 4.23. The average molecular weight is 426 g/mol. The number of hydrogen-bond acceptors (Lipinski definition) is 7. The average Bonchev–Trinajstić information content (AvgIpc) is 3.11. The smallest absolute Gasteiger partial charge is 0.238 e. The molecule has 0 bridgehead atoms. The number of rotatable bonds is 5. The second kappa shape index (κ2) is 8.86. The van der Waals surface area contributed by atoms with Gasteiger partial charge in [0.2, 0.25) is 11.8 Å². The van der Waals surface area contributed by atoms with E-state index in [9.17, 15) is 9.59 Å². The standard InChI is InChI=1S/C21H23N5O3S/c1-13-18(24-20(28)12-26-5-7-29-8-6-26)9-16(11-22-13)15-3-4-17-19(10-15)30-21(25-17)23-14(2)27/h3-4,9-11H,5-8,12H2,1-2H3,(H,24,28)(H,23,25,27). The van der Waals surface area contributed by atoms with Crippen molar-refractivity contribution in [2.75, 3.05) is 43.5 Å². The molecule has 2 amide bonds. The van der Waals surface area contributed by atoms with Gasteiger partial charge in [0.1, 0.15) is 0 Å². The Morgan fingerprint density at radius 1 is 1.17 bits per heavy atom. The van der Waals surface area contributed by atoms with E-state index in [-0.39, 0.29) is 11.8 Å². The van der Waals surface area contributed by atoms with Gasteiger partial charge < -0.3 is 15.4 Å². The van der Waals surface area contributed by atoms with Gasteiger partial charge in [0, 0.05) is 31.8 Å². The van der Waals surface area contributed by atoms with Crippen molar-refractivity contribution in [2.45, 2.75) is 13.8 Å². The molecule has 9 heteroatoms. The number of anilines is 2. The molecule has 0 aliphatic carbocycles. The van der Waals surface area contributed by atoms with E-state index in [2.05, 4.69) is 25.5 Å². The Bertz CT molecular complexity index is 1090. The molecule has 2 N–H and O–H groups in total. The summed E-state index contributed by atoms with van der Waals surface area (Å²) in [6.45, 7) is 6.52. The van der Waals surface area contributed by atoms with Gasteiger partial charge in [0.15, 0.2) is 5.13 Å². The largest absolute Gasteiger partial charge is 0.379 e. The molecule has 0 atom stereocenters. The summed E-state index contributed by atoms with van der Waals surface area (Å²) in [7, 11) is 0. The lowest BCUT2D eigenvalue weighted by Crippen LogP contribution is -2.41. The molecule has 1 saturated heterocycles. The molecule has 4 rings (SSSR count). The molecule has 0 spiro atoms. The lowest BCUT2D eigenvalue weighted by Gasteiger charge is -2.25. The first-order valence-electron chi connectivity index (χ1n) is 9.73. The van der Waals surface area contributed by atoms with Crippen LogP contribution in [-0.4, -0.2) is 59.5 Å². The number of thiazole rings is 1. The minimum atomic E-state index is -0.144. The van der Waals surface area contributed by atoms with E-state index >= 15 is 0 Å². The van der Waals surface area contributed by atoms with Gasteiger partial charge in [-0.1, -0.05) is 17.4 Å². The Labute approximate surface area is 178 Å². The van der Waals surface area contributed by atoms with Crippen molar-refractivity contribution in [3.05, 3.63) is 36.2 Å². The summed E-state index contributed by atoms with van der Waals surface area (Å²) >= 11 is 1.42. The number of aromatic nitrogens is 2. The Morgan fingerprint density at radius 3 is 2.73 bits per heavy atom. The van der Waals surface area contributed by atoms with Gasteiger partial charge in [-0.2, -0.15) is 0 Å². The number of carbonyl (C=O) groups is 2. The van der Waals surface area contributed by atoms with E-state index in [1.54, 1.807) is 6.20 Å². The molecule has 3 heterocycles. The molecule has 30 heavy (non-hydrogen) atoms. The zero-order valence-corrected chi connectivity index (χ0v) is 17.7. The molecule has 1 fully saturated rings. The first kappa shape index (κ1) is 20.4. The first-order chi connectivity index (χ1) is 14.5. The highest BCUT2D eigenvalue weighted by Crippen LogP contribution is 2.31. The highest BCUT2D eigenvalue weighted by Gasteiger charge is 2.15. The highest BCUT2D eigenvalue weighted by atomic mass is 32.1. The molecular formula is C21H23N5O3S. The van der Waals surface area contributed by atoms with E-state index in [1.165, 1.54) is 18.3 Å². The second-order valence-electron chi connectivity index (χ2n) is 7.18. The van der Waals surface area contributed by atoms with Crippen LogP contribution in [0.2, 0.25) is 0 Å². The van der Waals surface area contributed by atoms with Gasteiger partial charge in [-0.15, -0.1) is 0 Å². The van der Waals surface area contributed by atoms with Crippen LogP contribution in [0.5, 0.6) is 0 Å². The van der Waals surface area contributed by atoms with Crippen LogP contribution < -0.4 is 10.6 Å². The van der Waals surface area contributed by atoms with E-state index in [1.807, 2.05) is 31.2 Å². The number of ether oxygens (including phenoxy) is 1. The van der Waals surface area contributed by atoms with Crippen LogP contribution >= 0.6 is 11.3 Å². The number of fused-ring (bicyclic) bond motifs is 1. The van der Waals surface area contributed by atoms with Gasteiger partial charge >= 0.3 is 0 Å². The van der Waals surface area contributed by atoms with Gasteiger partial charge in [0.05, 0.1) is 41.4 Å². The first-order valence-corrected chi connectivity index (χ1v) is 10.5. The topological polar surface area (TPSA) is 96.4 Å². The molecule has 8 nitrogen and oxygen atoms in total. The maximum atomic E-state index is 12.5. The molecule has 0 unspecified atom stereocenters. The fraction of sp³-hybridized carbons (Fsp3) is 0.333. The van der Waals surface area contributed by atoms with E-state index < -0.39 is 0 Å². The zero-order chi connectivity index (χ0) is 21.1. The predicted molar refractivity (Wildman–Crippen MR) is 118 cm³/mol. The molecule has 1 aliphatic rings. The van der Waals surface area contributed by atoms with Crippen LogP contribution in [0.3, 0.4) is 0 Å². The number of carbonyl (C=O) groups excluding carboxylic acids is 2. The van der Waals surface area contributed by atoms with E-state index in [0.717, 1.165) is 40.1 Å². The van der Waals surface area contributed by atoms with Crippen molar-refractivity contribution in [3.63, 3.8) is 0 Å². The SMILES string of the molecule is CC(=O)Nc1nc2ccc(-c3cnc(C)c(NC(=O)CN4CCOCC4)c3)cc2s1. The number of aryl methyl sites for hydroxylation is 1. The van der Waals surface area contributed by atoms with Crippen LogP contribution in [0, 0.1) is 6.92 Å². The van der Waals surface area contributed by atoms with Crippen LogP contribution in [0.4, 0.5) is 10.8 Å². The third-order valence-electron chi connectivity index (χ3n) is 4.84. The van der Waals surface area contributed by atoms with E-state index in [4.69, 9.17) is 4.74 Å². The minimum Gasteiger partial charge on any atom is -0.379 e. The number of nitrogens with zero attached hydrogens (tertiary/aromatic N) is 3. The zero-order valence-electron chi connectivity index (χ0n) is 16.9. The summed E-state index contributed by atoms with van der Waals surface area (Å²) in [6.07, 6.45) is 1.80. The molecule has 0 radical (unpaired) electrons. The number of pyridine rings is 1. The quantitative estimate of drug-likeness (QED) is 0.653. The van der Waals surface area contributed by atoms with Crippen LogP contribution in [-0.2, 0) is 14.3 Å². The van der Waals surface area contributed by atoms with E-state index in [0.29, 0.717) is 30.6 Å². The molecule has 3 aromatic rings. The molecule has 2 aromatic heterocycles. The lowest BCUT2D eigenvalue weighted by atomic mass is 10.1. The predicted octanol–water partition coefficient (Wildman–Crippen LogP) is 2.90.